The lowest BCUT2D eigenvalue weighted by Gasteiger charge is -2.36. The van der Waals surface area contributed by atoms with E-state index >= 15 is 0 Å². The highest BCUT2D eigenvalue weighted by Gasteiger charge is 2.32. The number of hydrogen-bond donors (Lipinski definition) is 1. The summed E-state index contributed by atoms with van der Waals surface area (Å²) in [6.07, 6.45) is 2.60. The predicted molar refractivity (Wildman–Crippen MR) is 111 cm³/mol. The summed E-state index contributed by atoms with van der Waals surface area (Å²) >= 11 is 0. The van der Waals surface area contributed by atoms with Crippen LogP contribution in [0.4, 0.5) is 0 Å². The molecule has 3 rings (SSSR count). The largest absolute Gasteiger partial charge is 0.461 e. The SMILES string of the molecule is CCOC(=O)c1[nH]c(C)c(CCC(=O)N2CCC[C@@H](C(=O)N3CCOCC3)C2)c1C. The van der Waals surface area contributed by atoms with E-state index in [1.165, 1.54) is 0 Å². The van der Waals surface area contributed by atoms with Gasteiger partial charge in [0, 0.05) is 38.3 Å². The standard InChI is InChI=1S/C22H33N3O5/c1-4-30-22(28)20-15(2)18(16(3)23-20)7-8-19(26)25-9-5-6-17(14-25)21(27)24-10-12-29-13-11-24/h17,23H,4-14H2,1-3H3/t17-/m1/s1. The van der Waals surface area contributed by atoms with Gasteiger partial charge in [0.1, 0.15) is 5.69 Å². The van der Waals surface area contributed by atoms with Gasteiger partial charge in [-0.3, -0.25) is 9.59 Å². The summed E-state index contributed by atoms with van der Waals surface area (Å²) in [4.78, 5) is 44.5. The van der Waals surface area contributed by atoms with Crippen molar-refractivity contribution in [1.29, 1.82) is 0 Å². The highest BCUT2D eigenvalue weighted by atomic mass is 16.5. The van der Waals surface area contributed by atoms with Crippen molar-refractivity contribution >= 4 is 17.8 Å². The third-order valence-electron chi connectivity index (χ3n) is 6.11. The Balaban J connectivity index is 1.57. The molecule has 8 heteroatoms. The number of amides is 2. The van der Waals surface area contributed by atoms with E-state index in [9.17, 15) is 14.4 Å². The van der Waals surface area contributed by atoms with Crippen LogP contribution in [0.15, 0.2) is 0 Å². The molecule has 30 heavy (non-hydrogen) atoms. The smallest absolute Gasteiger partial charge is 0.355 e. The number of hydrogen-bond acceptors (Lipinski definition) is 5. The van der Waals surface area contributed by atoms with E-state index in [1.807, 2.05) is 23.6 Å². The molecule has 0 unspecified atom stereocenters. The Morgan fingerprint density at radius 2 is 1.87 bits per heavy atom. The maximum Gasteiger partial charge on any atom is 0.355 e. The molecule has 0 aromatic carbocycles. The van der Waals surface area contributed by atoms with Crippen molar-refractivity contribution in [3.05, 3.63) is 22.5 Å². The minimum Gasteiger partial charge on any atom is -0.461 e. The lowest BCUT2D eigenvalue weighted by Crippen LogP contribution is -2.49. The second-order valence-electron chi connectivity index (χ2n) is 8.07. The number of H-pyrrole nitrogens is 1. The number of aromatic nitrogens is 1. The van der Waals surface area contributed by atoms with Crippen LogP contribution in [0.1, 0.15) is 53.5 Å². The number of rotatable bonds is 6. The Hall–Kier alpha value is -2.35. The molecule has 0 radical (unpaired) electrons. The van der Waals surface area contributed by atoms with Gasteiger partial charge in [0.05, 0.1) is 25.7 Å². The van der Waals surface area contributed by atoms with Gasteiger partial charge in [-0.05, 0) is 51.2 Å². The van der Waals surface area contributed by atoms with E-state index in [-0.39, 0.29) is 23.7 Å². The summed E-state index contributed by atoms with van der Waals surface area (Å²) in [5.41, 5.74) is 3.19. The summed E-state index contributed by atoms with van der Waals surface area (Å²) in [7, 11) is 0. The highest BCUT2D eigenvalue weighted by molar-refractivity contribution is 5.90. The van der Waals surface area contributed by atoms with E-state index in [1.54, 1.807) is 6.92 Å². The first-order valence-electron chi connectivity index (χ1n) is 10.9. The van der Waals surface area contributed by atoms with Crippen LogP contribution in [0, 0.1) is 19.8 Å². The molecule has 1 aromatic heterocycles. The van der Waals surface area contributed by atoms with E-state index in [0.29, 0.717) is 64.5 Å². The number of likely N-dealkylation sites (tertiary alicyclic amines) is 1. The zero-order valence-corrected chi connectivity index (χ0v) is 18.3. The van der Waals surface area contributed by atoms with Gasteiger partial charge >= 0.3 is 5.97 Å². The van der Waals surface area contributed by atoms with Gasteiger partial charge < -0.3 is 24.3 Å². The Labute approximate surface area is 177 Å². The Morgan fingerprint density at radius 3 is 2.57 bits per heavy atom. The number of nitrogens with one attached hydrogen (secondary N) is 1. The van der Waals surface area contributed by atoms with Crippen LogP contribution in [-0.4, -0.2) is 78.6 Å². The number of morpholine rings is 1. The topological polar surface area (TPSA) is 91.9 Å². The van der Waals surface area contributed by atoms with Gasteiger partial charge in [-0.15, -0.1) is 0 Å². The fourth-order valence-electron chi connectivity index (χ4n) is 4.41. The first kappa shape index (κ1) is 22.3. The number of aryl methyl sites for hydroxylation is 1. The summed E-state index contributed by atoms with van der Waals surface area (Å²) in [6.45, 7) is 9.53. The molecule has 0 bridgehead atoms. The molecule has 0 spiro atoms. The molecule has 166 valence electrons. The van der Waals surface area contributed by atoms with Crippen molar-refractivity contribution in [3.63, 3.8) is 0 Å². The normalized spacial score (nSPS) is 19.6. The Morgan fingerprint density at radius 1 is 1.13 bits per heavy atom. The zero-order chi connectivity index (χ0) is 21.7. The number of piperidine rings is 1. The first-order chi connectivity index (χ1) is 14.4. The molecular weight excluding hydrogens is 386 g/mol. The molecule has 0 saturated carbocycles. The van der Waals surface area contributed by atoms with Crippen molar-refractivity contribution in [2.45, 2.75) is 46.5 Å². The fraction of sp³-hybridized carbons (Fsp3) is 0.682. The number of esters is 1. The predicted octanol–water partition coefficient (Wildman–Crippen LogP) is 1.84. The average molecular weight is 420 g/mol. The maximum absolute atomic E-state index is 12.9. The summed E-state index contributed by atoms with van der Waals surface area (Å²) in [5.74, 6) is -0.275. The number of carbonyl (C=O) groups excluding carboxylic acids is 3. The van der Waals surface area contributed by atoms with E-state index < -0.39 is 0 Å². The number of aromatic amines is 1. The molecule has 3 heterocycles. The minimum atomic E-state index is -0.365. The minimum absolute atomic E-state index is 0.0622. The molecule has 2 fully saturated rings. The fourth-order valence-corrected chi connectivity index (χ4v) is 4.41. The average Bonchev–Trinajstić information content (AvgIpc) is 3.05. The quantitative estimate of drug-likeness (QED) is 0.711. The van der Waals surface area contributed by atoms with Crippen LogP contribution in [0.5, 0.6) is 0 Å². The monoisotopic (exact) mass is 419 g/mol. The van der Waals surface area contributed by atoms with Gasteiger partial charge in [-0.25, -0.2) is 4.79 Å². The van der Waals surface area contributed by atoms with Gasteiger partial charge in [0.15, 0.2) is 0 Å². The number of ether oxygens (including phenoxy) is 2. The van der Waals surface area contributed by atoms with Crippen molar-refractivity contribution in [2.75, 3.05) is 46.0 Å². The van der Waals surface area contributed by atoms with E-state index in [2.05, 4.69) is 4.98 Å². The summed E-state index contributed by atoms with van der Waals surface area (Å²) in [5, 5.41) is 0. The van der Waals surface area contributed by atoms with Crippen LogP contribution >= 0.6 is 0 Å². The van der Waals surface area contributed by atoms with Crippen LogP contribution in [0.3, 0.4) is 0 Å². The van der Waals surface area contributed by atoms with Gasteiger partial charge in [0.2, 0.25) is 11.8 Å². The van der Waals surface area contributed by atoms with Crippen LogP contribution in [0.2, 0.25) is 0 Å². The third-order valence-corrected chi connectivity index (χ3v) is 6.11. The molecule has 1 atom stereocenters. The zero-order valence-electron chi connectivity index (χ0n) is 18.3. The second kappa shape index (κ2) is 10.1. The molecule has 1 N–H and O–H groups in total. The van der Waals surface area contributed by atoms with E-state index in [0.717, 1.165) is 29.7 Å². The molecular formula is C22H33N3O5. The van der Waals surface area contributed by atoms with Crippen molar-refractivity contribution < 1.29 is 23.9 Å². The lowest BCUT2D eigenvalue weighted by atomic mass is 9.95. The molecule has 2 aliphatic heterocycles. The molecule has 0 aliphatic carbocycles. The second-order valence-corrected chi connectivity index (χ2v) is 8.07. The maximum atomic E-state index is 12.9. The number of nitrogens with zero attached hydrogens (tertiary/aromatic N) is 2. The van der Waals surface area contributed by atoms with Crippen molar-refractivity contribution in [2.24, 2.45) is 5.92 Å². The van der Waals surface area contributed by atoms with Crippen LogP contribution in [-0.2, 0) is 25.5 Å². The molecule has 2 aliphatic rings. The molecule has 1 aromatic rings. The molecule has 2 amide bonds. The highest BCUT2D eigenvalue weighted by Crippen LogP contribution is 2.23. The van der Waals surface area contributed by atoms with Crippen molar-refractivity contribution in [1.82, 2.24) is 14.8 Å². The summed E-state index contributed by atoms with van der Waals surface area (Å²) in [6, 6.07) is 0. The Kier molecular flexibility index (Phi) is 7.53. The van der Waals surface area contributed by atoms with Gasteiger partial charge in [-0.2, -0.15) is 0 Å². The molecule has 8 nitrogen and oxygen atoms in total. The van der Waals surface area contributed by atoms with E-state index in [4.69, 9.17) is 9.47 Å². The summed E-state index contributed by atoms with van der Waals surface area (Å²) < 4.78 is 10.4. The van der Waals surface area contributed by atoms with Gasteiger partial charge in [0.25, 0.3) is 0 Å². The number of carbonyl (C=O) groups is 3. The van der Waals surface area contributed by atoms with Crippen LogP contribution in [0.25, 0.3) is 0 Å². The van der Waals surface area contributed by atoms with Crippen LogP contribution < -0.4 is 0 Å². The molecule has 2 saturated heterocycles. The Bertz CT molecular complexity index is 782. The van der Waals surface area contributed by atoms with Gasteiger partial charge in [-0.1, -0.05) is 0 Å². The lowest BCUT2D eigenvalue weighted by molar-refractivity contribution is -0.144. The van der Waals surface area contributed by atoms with Crippen molar-refractivity contribution in [3.8, 4) is 0 Å². The first-order valence-corrected chi connectivity index (χ1v) is 10.9. The third kappa shape index (κ3) is 5.03.